The van der Waals surface area contributed by atoms with Crippen molar-refractivity contribution in [2.24, 2.45) is 0 Å². The van der Waals surface area contributed by atoms with Gasteiger partial charge in [-0.05, 0) is 40.8 Å². The lowest BCUT2D eigenvalue weighted by Crippen LogP contribution is -2.43. The summed E-state index contributed by atoms with van der Waals surface area (Å²) < 4.78 is 0.643. The van der Waals surface area contributed by atoms with Gasteiger partial charge in [-0.3, -0.25) is 10.1 Å². The van der Waals surface area contributed by atoms with Gasteiger partial charge in [-0.2, -0.15) is 0 Å². The molecule has 0 saturated carbocycles. The van der Waals surface area contributed by atoms with Gasteiger partial charge in [0.15, 0.2) is 0 Å². The number of halogens is 1. The molecule has 20 heavy (non-hydrogen) atoms. The molecule has 1 aromatic carbocycles. The van der Waals surface area contributed by atoms with Crippen LogP contribution in [0.3, 0.4) is 0 Å². The zero-order valence-corrected chi connectivity index (χ0v) is 12.8. The molecule has 0 radical (unpaired) electrons. The molecule has 1 fully saturated rings. The van der Waals surface area contributed by atoms with Gasteiger partial charge in [-0.25, -0.2) is 4.98 Å². The van der Waals surface area contributed by atoms with Crippen molar-refractivity contribution in [3.8, 4) is 0 Å². The van der Waals surface area contributed by atoms with Gasteiger partial charge in [0.1, 0.15) is 9.39 Å². The van der Waals surface area contributed by atoms with E-state index >= 15 is 0 Å². The fourth-order valence-corrected chi connectivity index (χ4v) is 3.19. The van der Waals surface area contributed by atoms with Crippen molar-refractivity contribution >= 4 is 45.0 Å². The van der Waals surface area contributed by atoms with Gasteiger partial charge >= 0.3 is 0 Å². The number of benzene rings is 1. The second kappa shape index (κ2) is 5.49. The first-order chi connectivity index (χ1) is 9.66. The zero-order chi connectivity index (χ0) is 14.1. The highest BCUT2D eigenvalue weighted by Crippen LogP contribution is 2.29. The minimum absolute atomic E-state index is 0.134. The van der Waals surface area contributed by atoms with Crippen molar-refractivity contribution in [1.82, 2.24) is 10.3 Å². The van der Waals surface area contributed by atoms with Gasteiger partial charge in [0.2, 0.25) is 0 Å². The monoisotopic (exact) mass is 380 g/mol. The SMILES string of the molecule is O=[N+]([O-])c1ccc2nc(N3CCNCC3)ccc2c1[123I]. The number of piperazine rings is 1. The molecule has 7 heteroatoms. The molecule has 6 nitrogen and oxygen atoms in total. The van der Waals surface area contributed by atoms with Crippen LogP contribution in [0.4, 0.5) is 11.5 Å². The predicted molar refractivity (Wildman–Crippen MR) is 86.2 cm³/mol. The van der Waals surface area contributed by atoms with Crippen molar-refractivity contribution in [3.05, 3.63) is 37.9 Å². The van der Waals surface area contributed by atoms with Crippen molar-refractivity contribution in [3.63, 3.8) is 0 Å². The van der Waals surface area contributed by atoms with Crippen LogP contribution in [0.15, 0.2) is 24.3 Å². The van der Waals surface area contributed by atoms with Crippen LogP contribution in [-0.4, -0.2) is 36.1 Å². The van der Waals surface area contributed by atoms with E-state index in [4.69, 9.17) is 0 Å². The normalized spacial score (nSPS) is 15.6. The number of nitrogens with one attached hydrogen (secondary N) is 1. The number of hydrogen-bond donors (Lipinski definition) is 1. The molecule has 1 N–H and O–H groups in total. The average molecular weight is 380 g/mol. The summed E-state index contributed by atoms with van der Waals surface area (Å²) in [6, 6.07) is 7.12. The Labute approximate surface area is 129 Å². The molecule has 1 saturated heterocycles. The summed E-state index contributed by atoms with van der Waals surface area (Å²) in [5.74, 6) is 0.934. The predicted octanol–water partition coefficient (Wildman–Crippen LogP) is 2.16. The van der Waals surface area contributed by atoms with Crippen LogP contribution in [0.2, 0.25) is 0 Å². The van der Waals surface area contributed by atoms with E-state index in [1.54, 1.807) is 6.07 Å². The molecule has 0 spiro atoms. The maximum Gasteiger partial charge on any atom is 0.283 e. The highest BCUT2D eigenvalue weighted by atomic mass is 123. The first kappa shape index (κ1) is 13.5. The lowest BCUT2D eigenvalue weighted by Gasteiger charge is -2.28. The van der Waals surface area contributed by atoms with E-state index in [0.29, 0.717) is 3.57 Å². The Morgan fingerprint density at radius 1 is 1.25 bits per heavy atom. The summed E-state index contributed by atoms with van der Waals surface area (Å²) in [6.07, 6.45) is 0. The number of nitro groups is 1. The van der Waals surface area contributed by atoms with E-state index in [1.807, 2.05) is 34.7 Å². The Morgan fingerprint density at radius 3 is 2.70 bits per heavy atom. The van der Waals surface area contributed by atoms with Crippen molar-refractivity contribution in [2.75, 3.05) is 31.1 Å². The van der Waals surface area contributed by atoms with E-state index in [0.717, 1.165) is 42.9 Å². The molecular weight excluding hydrogens is 367 g/mol. The van der Waals surface area contributed by atoms with Gasteiger partial charge in [0.05, 0.1) is 10.4 Å². The van der Waals surface area contributed by atoms with Crippen LogP contribution < -0.4 is 10.2 Å². The molecule has 2 aromatic rings. The summed E-state index contributed by atoms with van der Waals surface area (Å²) in [5.41, 5.74) is 0.936. The highest BCUT2D eigenvalue weighted by molar-refractivity contribution is 14.1. The third-order valence-corrected chi connectivity index (χ3v) is 4.54. The second-order valence-corrected chi connectivity index (χ2v) is 5.71. The van der Waals surface area contributed by atoms with Crippen LogP contribution >= 0.6 is 22.6 Å². The quantitative estimate of drug-likeness (QED) is 0.491. The Bertz CT molecular complexity index is 671. The number of hydrogen-bond acceptors (Lipinski definition) is 5. The van der Waals surface area contributed by atoms with Crippen molar-refractivity contribution in [1.29, 1.82) is 0 Å². The molecular formula is C13H13IN4O2. The van der Waals surface area contributed by atoms with E-state index in [9.17, 15) is 10.1 Å². The van der Waals surface area contributed by atoms with Crippen LogP contribution in [0.25, 0.3) is 10.9 Å². The van der Waals surface area contributed by atoms with Gasteiger partial charge in [-0.1, -0.05) is 0 Å². The third-order valence-electron chi connectivity index (χ3n) is 3.41. The number of anilines is 1. The summed E-state index contributed by atoms with van der Waals surface area (Å²) in [6.45, 7) is 3.78. The number of nitrogens with zero attached hydrogens (tertiary/aromatic N) is 3. The molecule has 0 atom stereocenters. The van der Waals surface area contributed by atoms with Crippen LogP contribution in [0.1, 0.15) is 0 Å². The molecule has 0 aliphatic carbocycles. The number of nitro benzene ring substituents is 1. The van der Waals surface area contributed by atoms with Crippen LogP contribution in [-0.2, 0) is 0 Å². The Kier molecular flexibility index (Phi) is 3.70. The number of aromatic nitrogens is 1. The summed E-state index contributed by atoms with van der Waals surface area (Å²) in [5, 5.41) is 15.1. The van der Waals surface area contributed by atoms with Crippen molar-refractivity contribution < 1.29 is 4.92 Å². The summed E-state index contributed by atoms with van der Waals surface area (Å²) in [7, 11) is 0. The summed E-state index contributed by atoms with van der Waals surface area (Å²) in [4.78, 5) is 17.4. The van der Waals surface area contributed by atoms with Gasteiger partial charge in [0.25, 0.3) is 5.69 Å². The molecule has 3 rings (SSSR count). The minimum Gasteiger partial charge on any atom is -0.354 e. The standard InChI is InChI=1S/C13H13IN4O2/c14-13-9-1-4-12(17-7-5-15-6-8-17)16-10(9)2-3-11(13)18(19)20/h1-4,15H,5-8H2/i14-4. The second-order valence-electron chi connectivity index (χ2n) is 4.63. The maximum atomic E-state index is 10.9. The Morgan fingerprint density at radius 2 is 2.00 bits per heavy atom. The molecule has 0 bridgehead atoms. The zero-order valence-electron chi connectivity index (χ0n) is 10.7. The van der Waals surface area contributed by atoms with Crippen LogP contribution in [0, 0.1) is 13.7 Å². The van der Waals surface area contributed by atoms with Gasteiger partial charge in [-0.15, -0.1) is 0 Å². The molecule has 0 unspecified atom stereocenters. The Hall–Kier alpha value is -1.48. The molecule has 1 aliphatic rings. The topological polar surface area (TPSA) is 71.3 Å². The van der Waals surface area contributed by atoms with E-state index < -0.39 is 0 Å². The fourth-order valence-electron chi connectivity index (χ4n) is 2.36. The average Bonchev–Trinajstić information content (AvgIpc) is 2.48. The number of rotatable bonds is 2. The first-order valence-corrected chi connectivity index (χ1v) is 7.44. The van der Waals surface area contributed by atoms with E-state index in [-0.39, 0.29) is 10.6 Å². The largest absolute Gasteiger partial charge is 0.354 e. The van der Waals surface area contributed by atoms with Crippen molar-refractivity contribution in [2.45, 2.75) is 0 Å². The summed E-state index contributed by atoms with van der Waals surface area (Å²) >= 11 is 2.01. The fraction of sp³-hybridized carbons (Fsp3) is 0.308. The van der Waals surface area contributed by atoms with Gasteiger partial charge < -0.3 is 10.2 Å². The number of fused-ring (bicyclic) bond motifs is 1. The molecule has 1 aliphatic heterocycles. The number of pyridine rings is 1. The third kappa shape index (κ3) is 2.42. The minimum atomic E-state index is -0.356. The van der Waals surface area contributed by atoms with E-state index in [1.165, 1.54) is 6.07 Å². The molecule has 104 valence electrons. The smallest absolute Gasteiger partial charge is 0.283 e. The Balaban J connectivity index is 2.04. The maximum absolute atomic E-state index is 10.9. The van der Waals surface area contributed by atoms with Gasteiger partial charge in [0, 0.05) is 37.6 Å². The van der Waals surface area contributed by atoms with Crippen LogP contribution in [0.5, 0.6) is 0 Å². The lowest BCUT2D eigenvalue weighted by atomic mass is 10.2. The molecule has 1 aromatic heterocycles. The van der Waals surface area contributed by atoms with E-state index in [2.05, 4.69) is 15.2 Å². The first-order valence-electron chi connectivity index (χ1n) is 6.36. The molecule has 0 amide bonds. The molecule has 2 heterocycles. The lowest BCUT2D eigenvalue weighted by molar-refractivity contribution is -0.385. The highest BCUT2D eigenvalue weighted by Gasteiger charge is 2.17.